The number of nitriles is 1. The zero-order valence-corrected chi connectivity index (χ0v) is 15.5. The predicted octanol–water partition coefficient (Wildman–Crippen LogP) is 5.20. The van der Waals surface area contributed by atoms with E-state index in [9.17, 15) is 5.26 Å². The minimum atomic E-state index is 0.142. The number of benzene rings is 1. The van der Waals surface area contributed by atoms with Crippen LogP contribution in [-0.4, -0.2) is 9.97 Å². The third-order valence-corrected chi connectivity index (χ3v) is 4.79. The second kappa shape index (κ2) is 7.08. The molecule has 0 radical (unpaired) electrons. The number of aromatic nitrogens is 2. The van der Waals surface area contributed by atoms with Crippen molar-refractivity contribution in [2.75, 3.05) is 0 Å². The van der Waals surface area contributed by atoms with E-state index in [2.05, 4.69) is 53.9 Å². The van der Waals surface area contributed by atoms with Crippen LogP contribution >= 0.6 is 49.5 Å². The Kier molecular flexibility index (Phi) is 5.07. The largest absolute Gasteiger partial charge is 0.262 e. The fraction of sp³-hybridized carbons (Fsp3) is 0. The van der Waals surface area contributed by atoms with E-state index < -0.39 is 0 Å². The second-order valence-corrected chi connectivity index (χ2v) is 6.71. The molecule has 24 heavy (non-hydrogen) atoms. The van der Waals surface area contributed by atoms with Gasteiger partial charge in [-0.15, -0.1) is 37.9 Å². The molecule has 0 aliphatic heterocycles. The van der Waals surface area contributed by atoms with Crippen LogP contribution in [0.25, 0.3) is 22.4 Å². The summed E-state index contributed by atoms with van der Waals surface area (Å²) in [5.74, 6) is 0. The van der Waals surface area contributed by atoms with Crippen LogP contribution in [0.3, 0.4) is 0 Å². The van der Waals surface area contributed by atoms with E-state index in [1.807, 2.05) is 24.3 Å². The first-order chi connectivity index (χ1) is 11.5. The van der Waals surface area contributed by atoms with Crippen molar-refractivity contribution in [2.45, 2.75) is 14.7 Å². The van der Waals surface area contributed by atoms with Gasteiger partial charge in [0.25, 0.3) is 0 Å². The summed E-state index contributed by atoms with van der Waals surface area (Å²) in [6.45, 7) is 0. The number of hydrogen-bond acceptors (Lipinski definition) is 6. The summed E-state index contributed by atoms with van der Waals surface area (Å²) in [6, 6.07) is 11.3. The topological polar surface area (TPSA) is 49.6 Å². The molecule has 0 saturated heterocycles. The molecule has 2 aromatic heterocycles. The molecule has 0 aliphatic rings. The normalized spacial score (nSPS) is 10.5. The van der Waals surface area contributed by atoms with Crippen LogP contribution in [0.15, 0.2) is 57.4 Å². The molecule has 0 saturated carbocycles. The van der Waals surface area contributed by atoms with Crippen LogP contribution in [-0.2, 0) is 0 Å². The maximum absolute atomic E-state index is 9.30. The van der Waals surface area contributed by atoms with E-state index in [1.165, 1.54) is 0 Å². The van der Waals surface area contributed by atoms with E-state index in [0.29, 0.717) is 21.0 Å². The number of rotatable bonds is 2. The highest BCUT2D eigenvalue weighted by atomic mass is 35.5. The minimum absolute atomic E-state index is 0.142. The van der Waals surface area contributed by atoms with Gasteiger partial charge in [-0.1, -0.05) is 29.8 Å². The Morgan fingerprint density at radius 2 is 1.62 bits per heavy atom. The lowest BCUT2D eigenvalue weighted by molar-refractivity contribution is 1.16. The van der Waals surface area contributed by atoms with Crippen molar-refractivity contribution in [2.24, 2.45) is 0 Å². The predicted molar refractivity (Wildman–Crippen MR) is 104 cm³/mol. The van der Waals surface area contributed by atoms with E-state index in [1.54, 1.807) is 18.5 Å². The van der Waals surface area contributed by atoms with Gasteiger partial charge in [-0.25, -0.2) is 4.98 Å². The van der Waals surface area contributed by atoms with Gasteiger partial charge in [0.15, 0.2) is 0 Å². The molecule has 3 rings (SSSR count). The molecule has 0 atom stereocenters. The van der Waals surface area contributed by atoms with Gasteiger partial charge in [-0.2, -0.15) is 5.26 Å². The Labute approximate surface area is 161 Å². The van der Waals surface area contributed by atoms with Crippen LogP contribution in [0.5, 0.6) is 0 Å². The summed E-state index contributed by atoms with van der Waals surface area (Å²) in [5.41, 5.74) is 3.14. The minimum Gasteiger partial charge on any atom is -0.262 e. The Morgan fingerprint density at radius 1 is 0.958 bits per heavy atom. The van der Waals surface area contributed by atoms with Gasteiger partial charge in [0.05, 0.1) is 11.3 Å². The highest BCUT2D eigenvalue weighted by Gasteiger charge is 2.19. The van der Waals surface area contributed by atoms with E-state index in [4.69, 9.17) is 11.6 Å². The highest BCUT2D eigenvalue weighted by Crippen LogP contribution is 2.40. The summed E-state index contributed by atoms with van der Waals surface area (Å²) >= 11 is 19.6. The molecule has 3 nitrogen and oxygen atoms in total. The lowest BCUT2D eigenvalue weighted by Crippen LogP contribution is -1.96. The number of halogens is 1. The summed E-state index contributed by atoms with van der Waals surface area (Å²) in [4.78, 5) is 10.5. The molecule has 0 unspecified atom stereocenters. The first-order valence-electron chi connectivity index (χ1n) is 6.78. The fourth-order valence-corrected chi connectivity index (χ4v) is 3.50. The highest BCUT2D eigenvalue weighted by molar-refractivity contribution is 7.81. The van der Waals surface area contributed by atoms with Gasteiger partial charge in [0.1, 0.15) is 11.2 Å². The van der Waals surface area contributed by atoms with E-state index in [-0.39, 0.29) is 10.7 Å². The van der Waals surface area contributed by atoms with Crippen molar-refractivity contribution in [3.8, 4) is 28.5 Å². The average Bonchev–Trinajstić information content (AvgIpc) is 2.56. The molecular weight excluding hydrogens is 378 g/mol. The van der Waals surface area contributed by atoms with E-state index in [0.717, 1.165) is 16.0 Å². The lowest BCUT2D eigenvalue weighted by atomic mass is 9.98. The Balaban J connectivity index is 2.41. The molecule has 0 fully saturated rings. The Morgan fingerprint density at radius 3 is 2.25 bits per heavy atom. The first-order valence-corrected chi connectivity index (χ1v) is 8.50. The van der Waals surface area contributed by atoms with E-state index >= 15 is 0 Å². The molecule has 7 heteroatoms. The zero-order valence-electron chi connectivity index (χ0n) is 12.1. The quantitative estimate of drug-likeness (QED) is 0.418. The van der Waals surface area contributed by atoms with Crippen LogP contribution in [0, 0.1) is 11.3 Å². The van der Waals surface area contributed by atoms with Crippen molar-refractivity contribution < 1.29 is 0 Å². The van der Waals surface area contributed by atoms with Crippen LogP contribution in [0.2, 0.25) is 5.15 Å². The van der Waals surface area contributed by atoms with Crippen molar-refractivity contribution in [3.05, 3.63) is 53.4 Å². The number of thiol groups is 3. The number of nitrogens with zero attached hydrogens (tertiary/aromatic N) is 3. The fourth-order valence-electron chi connectivity index (χ4n) is 2.35. The zero-order chi connectivity index (χ0) is 17.3. The lowest BCUT2D eigenvalue weighted by Gasteiger charge is -2.15. The molecule has 0 bridgehead atoms. The maximum atomic E-state index is 9.30. The van der Waals surface area contributed by atoms with Gasteiger partial charge in [0.2, 0.25) is 0 Å². The molecule has 0 aliphatic carbocycles. The second-order valence-electron chi connectivity index (χ2n) is 4.90. The SMILES string of the molecule is N#Cc1cc(-c2c(S)cncc2S)c(-c2ccccc2S)nc1Cl. The number of hydrogen-bond donors (Lipinski definition) is 3. The van der Waals surface area contributed by atoms with Gasteiger partial charge in [-0.05, 0) is 12.1 Å². The third kappa shape index (κ3) is 3.13. The Hall–Kier alpha value is -1.65. The third-order valence-electron chi connectivity index (χ3n) is 3.43. The van der Waals surface area contributed by atoms with Crippen molar-refractivity contribution in [3.63, 3.8) is 0 Å². The molecule has 1 aromatic carbocycles. The first kappa shape index (κ1) is 17.2. The van der Waals surface area contributed by atoms with Crippen molar-refractivity contribution >= 4 is 49.5 Å². The molecule has 2 heterocycles. The standard InChI is InChI=1S/C17H10ClN3S3/c18-17-9(6-19)5-11(15-13(23)7-20-8-14(15)24)16(21-17)10-3-1-2-4-12(10)22/h1-5,7-8,22-24H. The van der Waals surface area contributed by atoms with Gasteiger partial charge in [0, 0.05) is 43.8 Å². The van der Waals surface area contributed by atoms with Gasteiger partial charge >= 0.3 is 0 Å². The molecule has 0 N–H and O–H groups in total. The monoisotopic (exact) mass is 387 g/mol. The van der Waals surface area contributed by atoms with Gasteiger partial charge < -0.3 is 0 Å². The smallest absolute Gasteiger partial charge is 0.147 e. The van der Waals surface area contributed by atoms with Crippen LogP contribution in [0.1, 0.15) is 5.56 Å². The Bertz CT molecular complexity index is 963. The molecule has 0 amide bonds. The van der Waals surface area contributed by atoms with Gasteiger partial charge in [-0.3, -0.25) is 4.98 Å². The molecule has 118 valence electrons. The average molecular weight is 388 g/mol. The van der Waals surface area contributed by atoms with Crippen molar-refractivity contribution in [1.29, 1.82) is 5.26 Å². The molecular formula is C17H10ClN3S3. The summed E-state index contributed by atoms with van der Waals surface area (Å²) in [7, 11) is 0. The van der Waals surface area contributed by atoms with Crippen molar-refractivity contribution in [1.82, 2.24) is 9.97 Å². The van der Waals surface area contributed by atoms with Crippen LogP contribution in [0.4, 0.5) is 0 Å². The maximum Gasteiger partial charge on any atom is 0.147 e. The summed E-state index contributed by atoms with van der Waals surface area (Å²) in [6.07, 6.45) is 3.24. The summed E-state index contributed by atoms with van der Waals surface area (Å²) in [5, 5.41) is 9.45. The molecule has 0 spiro atoms. The number of pyridine rings is 2. The molecule has 3 aromatic rings. The van der Waals surface area contributed by atoms with Crippen LogP contribution < -0.4 is 0 Å². The summed E-state index contributed by atoms with van der Waals surface area (Å²) < 4.78 is 0.